The summed E-state index contributed by atoms with van der Waals surface area (Å²) in [4.78, 5) is 0. The van der Waals surface area contributed by atoms with Gasteiger partial charge in [-0.25, -0.2) is 0 Å². The molecule has 0 atom stereocenters. The third kappa shape index (κ3) is 5.86. The van der Waals surface area contributed by atoms with E-state index in [1.54, 1.807) is 12.1 Å². The molecule has 0 fully saturated rings. The SMILES string of the molecule is CC[N+](CC)(CC)CC(=Cc1ccc(O)cc1)C[N+](CC)(CC)CC. The molecule has 1 N–H and O–H groups in total. The van der Waals surface area contributed by atoms with Gasteiger partial charge >= 0.3 is 0 Å². The monoisotopic (exact) mass is 348 g/mol. The fourth-order valence-corrected chi connectivity index (χ4v) is 3.82. The summed E-state index contributed by atoms with van der Waals surface area (Å²) in [7, 11) is 0. The molecule has 0 spiro atoms. The van der Waals surface area contributed by atoms with E-state index in [1.165, 1.54) is 50.4 Å². The highest BCUT2D eigenvalue weighted by molar-refractivity contribution is 5.54. The van der Waals surface area contributed by atoms with Crippen molar-refractivity contribution in [3.8, 4) is 5.75 Å². The molecule has 0 aliphatic rings. The first kappa shape index (κ1) is 21.7. The largest absolute Gasteiger partial charge is 0.508 e. The molecule has 1 aromatic rings. The molecule has 0 aliphatic carbocycles. The van der Waals surface area contributed by atoms with Gasteiger partial charge in [-0.05, 0) is 65.3 Å². The van der Waals surface area contributed by atoms with E-state index in [0.717, 1.165) is 22.1 Å². The summed E-state index contributed by atoms with van der Waals surface area (Å²) in [6.07, 6.45) is 2.36. The first-order valence-electron chi connectivity index (χ1n) is 10.1. The van der Waals surface area contributed by atoms with Crippen molar-refractivity contribution in [1.82, 2.24) is 0 Å². The number of benzene rings is 1. The van der Waals surface area contributed by atoms with Crippen LogP contribution >= 0.6 is 0 Å². The molecule has 25 heavy (non-hydrogen) atoms. The van der Waals surface area contributed by atoms with Crippen LogP contribution in [-0.2, 0) is 0 Å². The van der Waals surface area contributed by atoms with Crippen LogP contribution in [0.25, 0.3) is 6.08 Å². The fourth-order valence-electron chi connectivity index (χ4n) is 3.82. The molecule has 0 aromatic heterocycles. The van der Waals surface area contributed by atoms with Gasteiger partial charge in [0.1, 0.15) is 18.8 Å². The van der Waals surface area contributed by atoms with E-state index in [0.29, 0.717) is 5.75 Å². The van der Waals surface area contributed by atoms with Crippen molar-refractivity contribution in [3.63, 3.8) is 0 Å². The lowest BCUT2D eigenvalue weighted by molar-refractivity contribution is -0.932. The highest BCUT2D eigenvalue weighted by Crippen LogP contribution is 2.20. The van der Waals surface area contributed by atoms with Gasteiger partial charge in [0.05, 0.1) is 39.3 Å². The Labute approximate surface area is 155 Å². The summed E-state index contributed by atoms with van der Waals surface area (Å²) in [5.74, 6) is 0.334. The number of hydrogen-bond acceptors (Lipinski definition) is 1. The van der Waals surface area contributed by atoms with Crippen LogP contribution in [0.3, 0.4) is 0 Å². The predicted molar refractivity (Wildman–Crippen MR) is 110 cm³/mol. The van der Waals surface area contributed by atoms with Gasteiger partial charge in [-0.2, -0.15) is 0 Å². The van der Waals surface area contributed by atoms with E-state index in [-0.39, 0.29) is 0 Å². The molecule has 3 nitrogen and oxygen atoms in total. The summed E-state index contributed by atoms with van der Waals surface area (Å²) in [6.45, 7) is 23.1. The van der Waals surface area contributed by atoms with Crippen LogP contribution in [0, 0.1) is 0 Å². The second kappa shape index (κ2) is 9.98. The summed E-state index contributed by atoms with van der Waals surface area (Å²) in [5.41, 5.74) is 2.72. The molecule has 0 saturated carbocycles. The van der Waals surface area contributed by atoms with Crippen molar-refractivity contribution in [2.75, 3.05) is 52.4 Å². The Hall–Kier alpha value is -1.32. The topological polar surface area (TPSA) is 20.2 Å². The zero-order chi connectivity index (χ0) is 18.9. The number of nitrogens with zero attached hydrogens (tertiary/aromatic N) is 2. The lowest BCUT2D eigenvalue weighted by Gasteiger charge is -2.40. The summed E-state index contributed by atoms with van der Waals surface area (Å²) in [6, 6.07) is 7.61. The average molecular weight is 349 g/mol. The molecule has 0 radical (unpaired) electrons. The Morgan fingerprint density at radius 1 is 0.720 bits per heavy atom. The second-order valence-corrected chi connectivity index (χ2v) is 7.29. The van der Waals surface area contributed by atoms with Gasteiger partial charge in [-0.1, -0.05) is 12.1 Å². The number of aromatic hydroxyl groups is 1. The van der Waals surface area contributed by atoms with Gasteiger partial charge in [0.2, 0.25) is 0 Å². The third-order valence-electron chi connectivity index (χ3n) is 6.37. The maximum atomic E-state index is 9.57. The van der Waals surface area contributed by atoms with Gasteiger partial charge in [-0.3, -0.25) is 0 Å². The quantitative estimate of drug-likeness (QED) is 0.583. The fraction of sp³-hybridized carbons (Fsp3) is 0.636. The third-order valence-corrected chi connectivity index (χ3v) is 6.37. The smallest absolute Gasteiger partial charge is 0.115 e. The summed E-state index contributed by atoms with van der Waals surface area (Å²) in [5, 5.41) is 9.57. The Morgan fingerprint density at radius 2 is 1.08 bits per heavy atom. The standard InChI is InChI=1S/C22H39N2O/c1-7-23(8-2,9-3)18-21(19-24(10-4,11-5)12-6)17-20-13-15-22(25)16-14-20/h13-17H,7-12,18-19H2,1-6H3/q+1/p+1. The summed E-state index contributed by atoms with van der Waals surface area (Å²) < 4.78 is 2.28. The van der Waals surface area contributed by atoms with Crippen LogP contribution in [0.5, 0.6) is 5.75 Å². The number of rotatable bonds is 11. The van der Waals surface area contributed by atoms with E-state index >= 15 is 0 Å². The van der Waals surface area contributed by atoms with Crippen molar-refractivity contribution in [2.24, 2.45) is 0 Å². The number of phenols is 1. The zero-order valence-electron chi connectivity index (χ0n) is 17.4. The number of likely N-dealkylation sites (N-methyl/N-ethyl adjacent to an activating group) is 2. The minimum Gasteiger partial charge on any atom is -0.508 e. The predicted octanol–water partition coefficient (Wildman–Crippen LogP) is 4.53. The first-order valence-corrected chi connectivity index (χ1v) is 10.1. The Morgan fingerprint density at radius 3 is 1.40 bits per heavy atom. The minimum atomic E-state index is 0.334. The van der Waals surface area contributed by atoms with Crippen LogP contribution < -0.4 is 0 Å². The molecule has 0 aliphatic heterocycles. The highest BCUT2D eigenvalue weighted by Gasteiger charge is 2.28. The number of hydrogen-bond donors (Lipinski definition) is 1. The average Bonchev–Trinajstić information content (AvgIpc) is 2.66. The molecule has 0 amide bonds. The zero-order valence-corrected chi connectivity index (χ0v) is 17.4. The molecule has 142 valence electrons. The molecule has 0 saturated heterocycles. The van der Waals surface area contributed by atoms with Crippen LogP contribution in [0.1, 0.15) is 47.1 Å². The van der Waals surface area contributed by atoms with Crippen LogP contribution in [0.15, 0.2) is 29.8 Å². The van der Waals surface area contributed by atoms with Gasteiger partial charge in [0.15, 0.2) is 0 Å². The van der Waals surface area contributed by atoms with Crippen molar-refractivity contribution in [2.45, 2.75) is 41.5 Å². The Bertz CT molecular complexity index is 485. The van der Waals surface area contributed by atoms with Gasteiger partial charge in [0, 0.05) is 5.57 Å². The van der Waals surface area contributed by atoms with E-state index in [1.807, 2.05) is 12.1 Å². The lowest BCUT2D eigenvalue weighted by atomic mass is 10.1. The maximum absolute atomic E-state index is 9.57. The van der Waals surface area contributed by atoms with E-state index < -0.39 is 0 Å². The van der Waals surface area contributed by atoms with Crippen LogP contribution in [0.4, 0.5) is 0 Å². The maximum Gasteiger partial charge on any atom is 0.115 e. The molecular weight excluding hydrogens is 308 g/mol. The van der Waals surface area contributed by atoms with Gasteiger partial charge in [0.25, 0.3) is 0 Å². The van der Waals surface area contributed by atoms with Crippen LogP contribution in [-0.4, -0.2) is 66.4 Å². The molecular formula is C22H40N2O+2. The minimum absolute atomic E-state index is 0.334. The van der Waals surface area contributed by atoms with E-state index in [9.17, 15) is 5.11 Å². The molecule has 1 rings (SSSR count). The second-order valence-electron chi connectivity index (χ2n) is 7.29. The molecule has 0 unspecified atom stereocenters. The van der Waals surface area contributed by atoms with Crippen molar-refractivity contribution in [1.29, 1.82) is 0 Å². The van der Waals surface area contributed by atoms with Crippen molar-refractivity contribution < 1.29 is 14.1 Å². The normalized spacial score (nSPS) is 12.2. The lowest BCUT2D eigenvalue weighted by Crippen LogP contribution is -2.53. The Balaban J connectivity index is 3.23. The van der Waals surface area contributed by atoms with E-state index in [2.05, 4.69) is 47.6 Å². The van der Waals surface area contributed by atoms with Crippen molar-refractivity contribution >= 4 is 6.08 Å². The number of phenolic OH excluding ortho intramolecular Hbond substituents is 1. The first-order chi connectivity index (χ1) is 11.9. The summed E-state index contributed by atoms with van der Waals surface area (Å²) >= 11 is 0. The molecule has 1 aromatic carbocycles. The Kier molecular flexibility index (Phi) is 8.67. The van der Waals surface area contributed by atoms with Gasteiger partial charge in [-0.15, -0.1) is 0 Å². The molecule has 0 heterocycles. The van der Waals surface area contributed by atoms with Gasteiger partial charge < -0.3 is 14.1 Å². The molecule has 3 heteroatoms. The number of quaternary nitrogens is 2. The van der Waals surface area contributed by atoms with Crippen molar-refractivity contribution in [3.05, 3.63) is 35.4 Å². The highest BCUT2D eigenvalue weighted by atomic mass is 16.3. The van der Waals surface area contributed by atoms with E-state index in [4.69, 9.17) is 0 Å². The van der Waals surface area contributed by atoms with Crippen LogP contribution in [0.2, 0.25) is 0 Å². The molecule has 0 bridgehead atoms.